The third-order valence-electron chi connectivity index (χ3n) is 3.58. The number of nitrogens with zero attached hydrogens (tertiary/aromatic N) is 1. The van der Waals surface area contributed by atoms with Crippen molar-refractivity contribution in [3.63, 3.8) is 0 Å². The molecule has 7 heteroatoms. The van der Waals surface area contributed by atoms with Crippen LogP contribution in [0.25, 0.3) is 0 Å². The largest absolute Gasteiger partial charge is 0.456 e. The molecule has 1 heterocycles. The van der Waals surface area contributed by atoms with Crippen molar-refractivity contribution in [3.8, 4) is 5.75 Å². The summed E-state index contributed by atoms with van der Waals surface area (Å²) in [6, 6.07) is 18.2. The first-order valence-electron chi connectivity index (χ1n) is 8.10. The Bertz CT molecular complexity index is 887. The molecule has 3 aromatic rings. The first-order valence-corrected chi connectivity index (χ1v) is 8.10. The van der Waals surface area contributed by atoms with E-state index in [2.05, 4.69) is 15.0 Å². The molecule has 0 saturated carbocycles. The summed E-state index contributed by atoms with van der Waals surface area (Å²) in [5.74, 6) is -0.444. The Morgan fingerprint density at radius 3 is 2.44 bits per heavy atom. The molecule has 2 aromatic carbocycles. The van der Waals surface area contributed by atoms with E-state index in [1.165, 1.54) is 12.1 Å². The standard InChI is InChI=1S/C20H16F2N2O3/c21-20(22)27-16-10-8-14(9-11-16)24-18-7-2-1-6-17(18)19(25)26-13-15-5-3-4-12-23-15/h1-12,20,24H,13H2. The Morgan fingerprint density at radius 1 is 1.00 bits per heavy atom. The fourth-order valence-corrected chi connectivity index (χ4v) is 2.35. The predicted molar refractivity (Wildman–Crippen MR) is 96.2 cm³/mol. The van der Waals surface area contributed by atoms with Crippen LogP contribution in [0, 0.1) is 0 Å². The molecule has 3 rings (SSSR count). The Kier molecular flexibility index (Phi) is 5.94. The number of rotatable bonds is 7. The number of esters is 1. The fraction of sp³-hybridized carbons (Fsp3) is 0.100. The van der Waals surface area contributed by atoms with Crippen molar-refractivity contribution in [1.29, 1.82) is 0 Å². The number of carbonyl (C=O) groups excluding carboxylic acids is 1. The van der Waals surface area contributed by atoms with Crippen molar-refractivity contribution in [2.45, 2.75) is 13.2 Å². The zero-order chi connectivity index (χ0) is 19.1. The lowest BCUT2D eigenvalue weighted by molar-refractivity contribution is -0.0498. The highest BCUT2D eigenvalue weighted by Crippen LogP contribution is 2.24. The van der Waals surface area contributed by atoms with E-state index in [9.17, 15) is 13.6 Å². The van der Waals surface area contributed by atoms with E-state index >= 15 is 0 Å². The van der Waals surface area contributed by atoms with Gasteiger partial charge in [0.15, 0.2) is 0 Å². The van der Waals surface area contributed by atoms with Gasteiger partial charge in [-0.3, -0.25) is 4.98 Å². The molecule has 0 atom stereocenters. The first kappa shape index (κ1) is 18.3. The number of hydrogen-bond acceptors (Lipinski definition) is 5. The number of para-hydroxylation sites is 1. The summed E-state index contributed by atoms with van der Waals surface area (Å²) in [7, 11) is 0. The summed E-state index contributed by atoms with van der Waals surface area (Å²) >= 11 is 0. The van der Waals surface area contributed by atoms with E-state index in [0.29, 0.717) is 22.6 Å². The maximum Gasteiger partial charge on any atom is 0.387 e. The Labute approximate surface area is 154 Å². The molecule has 1 N–H and O–H groups in total. The third-order valence-corrected chi connectivity index (χ3v) is 3.58. The van der Waals surface area contributed by atoms with Crippen LogP contribution >= 0.6 is 0 Å². The molecule has 0 aliphatic heterocycles. The molecule has 0 unspecified atom stereocenters. The van der Waals surface area contributed by atoms with Crippen LogP contribution < -0.4 is 10.1 Å². The van der Waals surface area contributed by atoms with E-state index in [-0.39, 0.29) is 12.4 Å². The van der Waals surface area contributed by atoms with Crippen molar-refractivity contribution >= 4 is 17.3 Å². The smallest absolute Gasteiger partial charge is 0.387 e. The molecule has 5 nitrogen and oxygen atoms in total. The minimum Gasteiger partial charge on any atom is -0.456 e. The highest BCUT2D eigenvalue weighted by atomic mass is 19.3. The summed E-state index contributed by atoms with van der Waals surface area (Å²) in [6.45, 7) is -2.81. The number of ether oxygens (including phenoxy) is 2. The average Bonchev–Trinajstić information content (AvgIpc) is 2.68. The van der Waals surface area contributed by atoms with Gasteiger partial charge in [-0.1, -0.05) is 18.2 Å². The Morgan fingerprint density at radius 2 is 1.74 bits per heavy atom. The zero-order valence-electron chi connectivity index (χ0n) is 14.1. The first-order chi connectivity index (χ1) is 13.1. The van der Waals surface area contributed by atoms with Gasteiger partial charge in [-0.2, -0.15) is 8.78 Å². The number of pyridine rings is 1. The summed E-state index contributed by atoms with van der Waals surface area (Å²) in [4.78, 5) is 16.5. The van der Waals surface area contributed by atoms with Crippen molar-refractivity contribution in [1.82, 2.24) is 4.98 Å². The molecule has 1 aromatic heterocycles. The van der Waals surface area contributed by atoms with Crippen LogP contribution in [0.3, 0.4) is 0 Å². The molecule has 0 aliphatic rings. The van der Waals surface area contributed by atoms with Gasteiger partial charge >= 0.3 is 12.6 Å². The number of anilines is 2. The predicted octanol–water partition coefficient (Wildman–Crippen LogP) is 4.78. The lowest BCUT2D eigenvalue weighted by Gasteiger charge is -2.12. The van der Waals surface area contributed by atoms with Gasteiger partial charge in [0.25, 0.3) is 0 Å². The van der Waals surface area contributed by atoms with Crippen LogP contribution in [0.15, 0.2) is 72.9 Å². The van der Waals surface area contributed by atoms with Gasteiger partial charge in [0, 0.05) is 11.9 Å². The maximum atomic E-state index is 12.4. The van der Waals surface area contributed by atoms with Crippen LogP contribution in [-0.4, -0.2) is 17.6 Å². The van der Waals surface area contributed by atoms with Gasteiger partial charge in [0.2, 0.25) is 0 Å². The summed E-state index contributed by atoms with van der Waals surface area (Å²) in [5, 5.41) is 3.07. The van der Waals surface area contributed by atoms with Gasteiger partial charge < -0.3 is 14.8 Å². The van der Waals surface area contributed by atoms with Crippen LogP contribution in [0.4, 0.5) is 20.2 Å². The molecule has 0 spiro atoms. The lowest BCUT2D eigenvalue weighted by Crippen LogP contribution is -2.08. The average molecular weight is 370 g/mol. The Balaban J connectivity index is 1.69. The van der Waals surface area contributed by atoms with Gasteiger partial charge in [-0.05, 0) is 48.5 Å². The highest BCUT2D eigenvalue weighted by Gasteiger charge is 2.13. The normalized spacial score (nSPS) is 10.5. The number of carbonyl (C=O) groups is 1. The fourth-order valence-electron chi connectivity index (χ4n) is 2.35. The van der Waals surface area contributed by atoms with Crippen LogP contribution in [0.1, 0.15) is 16.1 Å². The second-order valence-corrected chi connectivity index (χ2v) is 5.47. The van der Waals surface area contributed by atoms with Crippen LogP contribution in [0.2, 0.25) is 0 Å². The van der Waals surface area contributed by atoms with Gasteiger partial charge in [0.1, 0.15) is 12.4 Å². The minimum atomic E-state index is -2.88. The molecular weight excluding hydrogens is 354 g/mol. The summed E-state index contributed by atoms with van der Waals surface area (Å²) < 4.78 is 34.0. The second-order valence-electron chi connectivity index (χ2n) is 5.47. The van der Waals surface area contributed by atoms with Crippen molar-refractivity contribution < 1.29 is 23.0 Å². The number of halogens is 2. The highest BCUT2D eigenvalue weighted by molar-refractivity contribution is 5.96. The molecule has 0 radical (unpaired) electrons. The summed E-state index contributed by atoms with van der Waals surface area (Å²) in [6.07, 6.45) is 1.63. The van der Waals surface area contributed by atoms with Crippen LogP contribution in [0.5, 0.6) is 5.75 Å². The second kappa shape index (κ2) is 8.75. The third kappa shape index (κ3) is 5.24. The quantitative estimate of drug-likeness (QED) is 0.606. The number of alkyl halides is 2. The molecule has 0 saturated heterocycles. The molecule has 0 fully saturated rings. The maximum absolute atomic E-state index is 12.4. The minimum absolute atomic E-state index is 0.0543. The molecule has 0 amide bonds. The summed E-state index contributed by atoms with van der Waals surface area (Å²) in [5.41, 5.74) is 2.14. The van der Waals surface area contributed by atoms with E-state index in [0.717, 1.165) is 0 Å². The van der Waals surface area contributed by atoms with Crippen molar-refractivity contribution in [3.05, 3.63) is 84.2 Å². The lowest BCUT2D eigenvalue weighted by atomic mass is 10.1. The van der Waals surface area contributed by atoms with Gasteiger partial charge in [-0.15, -0.1) is 0 Å². The molecular formula is C20H16F2N2O3. The number of nitrogens with one attached hydrogen (secondary N) is 1. The molecule has 138 valence electrons. The van der Waals surface area contributed by atoms with E-state index in [4.69, 9.17) is 4.74 Å². The molecule has 27 heavy (non-hydrogen) atoms. The van der Waals surface area contributed by atoms with E-state index in [1.807, 2.05) is 6.07 Å². The van der Waals surface area contributed by atoms with Crippen molar-refractivity contribution in [2.75, 3.05) is 5.32 Å². The Hall–Kier alpha value is -3.48. The monoisotopic (exact) mass is 370 g/mol. The molecule has 0 bridgehead atoms. The van der Waals surface area contributed by atoms with Gasteiger partial charge in [-0.25, -0.2) is 4.79 Å². The van der Waals surface area contributed by atoms with Crippen LogP contribution in [-0.2, 0) is 11.3 Å². The number of hydrogen-bond donors (Lipinski definition) is 1. The topological polar surface area (TPSA) is 60.5 Å². The molecule has 0 aliphatic carbocycles. The van der Waals surface area contributed by atoms with Gasteiger partial charge in [0.05, 0.1) is 16.9 Å². The zero-order valence-corrected chi connectivity index (χ0v) is 14.1. The SMILES string of the molecule is O=C(OCc1ccccn1)c1ccccc1Nc1ccc(OC(F)F)cc1. The number of aromatic nitrogens is 1. The number of benzene rings is 2. The van der Waals surface area contributed by atoms with Crippen molar-refractivity contribution in [2.24, 2.45) is 0 Å². The van der Waals surface area contributed by atoms with E-state index < -0.39 is 12.6 Å². The van der Waals surface area contributed by atoms with E-state index in [1.54, 1.807) is 54.7 Å².